The second-order valence-corrected chi connectivity index (χ2v) is 6.61. The van der Waals surface area contributed by atoms with E-state index < -0.39 is 0 Å². The van der Waals surface area contributed by atoms with Gasteiger partial charge in [-0.2, -0.15) is 0 Å². The number of amides is 1. The molecule has 4 heteroatoms. The summed E-state index contributed by atoms with van der Waals surface area (Å²) in [5.74, 6) is 0.0761. The van der Waals surface area contributed by atoms with Crippen molar-refractivity contribution >= 4 is 50.2 Å². The molecule has 1 aliphatic heterocycles. The summed E-state index contributed by atoms with van der Waals surface area (Å²) in [5.41, 5.74) is 3.66. The van der Waals surface area contributed by atoms with Gasteiger partial charge in [-0.1, -0.05) is 40.2 Å². The maximum atomic E-state index is 12.5. The Kier molecular flexibility index (Phi) is 3.69. The number of benzene rings is 3. The predicted molar refractivity (Wildman–Crippen MR) is 103 cm³/mol. The number of carbonyl (C=O) groups excluding carboxylic acids is 1. The lowest BCUT2D eigenvalue weighted by molar-refractivity contribution is 0.0994. The van der Waals surface area contributed by atoms with E-state index in [2.05, 4.69) is 20.9 Å². The van der Waals surface area contributed by atoms with E-state index in [1.165, 1.54) is 0 Å². The minimum Gasteiger partial charge on any atom is -0.308 e. The Bertz CT molecular complexity index is 977. The molecule has 0 saturated carbocycles. The summed E-state index contributed by atoms with van der Waals surface area (Å²) in [5, 5.41) is 2.03. The Labute approximate surface area is 148 Å². The van der Waals surface area contributed by atoms with E-state index in [9.17, 15) is 4.79 Å². The third-order valence-electron chi connectivity index (χ3n) is 4.30. The highest BCUT2D eigenvalue weighted by molar-refractivity contribution is 9.10. The van der Waals surface area contributed by atoms with Gasteiger partial charge < -0.3 is 4.90 Å². The second-order valence-electron chi connectivity index (χ2n) is 5.69. The van der Waals surface area contributed by atoms with Crippen LogP contribution >= 0.6 is 15.9 Å². The quantitative estimate of drug-likeness (QED) is 0.566. The van der Waals surface area contributed by atoms with Crippen molar-refractivity contribution < 1.29 is 4.79 Å². The molecule has 0 unspecified atom stereocenters. The molecule has 1 heterocycles. The number of nitrogens with zero attached hydrogens (tertiary/aromatic N) is 2. The maximum absolute atomic E-state index is 12.5. The van der Waals surface area contributed by atoms with Gasteiger partial charge in [-0.15, -0.1) is 0 Å². The fraction of sp³-hybridized carbons (Fsp3) is 0.100. The fourth-order valence-corrected chi connectivity index (χ4v) is 3.41. The third kappa shape index (κ3) is 2.34. The summed E-state index contributed by atoms with van der Waals surface area (Å²) in [6, 6.07) is 17.8. The highest BCUT2D eigenvalue weighted by atomic mass is 79.9. The normalized spacial score (nSPS) is 13.4. The molecule has 3 aromatic carbocycles. The minimum atomic E-state index is 0.0761. The fourth-order valence-electron chi connectivity index (χ4n) is 3.15. The first-order valence-corrected chi connectivity index (χ1v) is 8.65. The van der Waals surface area contributed by atoms with E-state index in [-0.39, 0.29) is 5.91 Å². The van der Waals surface area contributed by atoms with Gasteiger partial charge in [0.1, 0.15) is 0 Å². The smallest absolute Gasteiger partial charge is 0.258 e. The molecule has 24 heavy (non-hydrogen) atoms. The van der Waals surface area contributed by atoms with Gasteiger partial charge in [-0.05, 0) is 42.8 Å². The lowest BCUT2D eigenvalue weighted by Gasteiger charge is -2.14. The largest absolute Gasteiger partial charge is 0.308 e. The molecule has 3 aromatic rings. The Balaban J connectivity index is 1.83. The summed E-state index contributed by atoms with van der Waals surface area (Å²) in [7, 11) is 0. The van der Waals surface area contributed by atoms with E-state index in [0.717, 1.165) is 37.7 Å². The van der Waals surface area contributed by atoms with Crippen molar-refractivity contribution in [3.63, 3.8) is 0 Å². The van der Waals surface area contributed by atoms with Crippen LogP contribution in [0.1, 0.15) is 22.8 Å². The van der Waals surface area contributed by atoms with Gasteiger partial charge >= 0.3 is 0 Å². The zero-order valence-corrected chi connectivity index (χ0v) is 14.7. The predicted octanol–water partition coefficient (Wildman–Crippen LogP) is 5.33. The highest BCUT2D eigenvalue weighted by Gasteiger charge is 2.28. The van der Waals surface area contributed by atoms with Crippen LogP contribution < -0.4 is 4.90 Å². The first-order chi connectivity index (χ1) is 11.7. The molecule has 0 aromatic heterocycles. The van der Waals surface area contributed by atoms with Crippen LogP contribution in [0, 0.1) is 0 Å². The van der Waals surface area contributed by atoms with Gasteiger partial charge in [0.25, 0.3) is 5.91 Å². The Morgan fingerprint density at radius 1 is 1.08 bits per heavy atom. The molecule has 0 N–H and O–H groups in total. The van der Waals surface area contributed by atoms with E-state index in [4.69, 9.17) is 0 Å². The average Bonchev–Trinajstić information content (AvgIpc) is 2.89. The summed E-state index contributed by atoms with van der Waals surface area (Å²) in [6.07, 6.45) is 1.85. The van der Waals surface area contributed by atoms with Crippen LogP contribution in [-0.2, 0) is 0 Å². The van der Waals surface area contributed by atoms with Crippen molar-refractivity contribution in [3.05, 3.63) is 70.2 Å². The molecule has 0 radical (unpaired) electrons. The molecular formula is C20H15BrN2O. The first-order valence-electron chi connectivity index (χ1n) is 7.86. The third-order valence-corrected chi connectivity index (χ3v) is 4.83. The Morgan fingerprint density at radius 3 is 2.62 bits per heavy atom. The van der Waals surface area contributed by atoms with E-state index >= 15 is 0 Å². The maximum Gasteiger partial charge on any atom is 0.258 e. The molecule has 118 valence electrons. The summed E-state index contributed by atoms with van der Waals surface area (Å²) < 4.78 is 1.04. The molecule has 1 aliphatic rings. The molecule has 0 fully saturated rings. The van der Waals surface area contributed by atoms with Gasteiger partial charge in [0.05, 0.1) is 11.4 Å². The number of hydrogen-bond acceptors (Lipinski definition) is 2. The summed E-state index contributed by atoms with van der Waals surface area (Å²) in [6.45, 7) is 2.67. The van der Waals surface area contributed by atoms with E-state index in [1.54, 1.807) is 0 Å². The molecule has 0 saturated heterocycles. The van der Waals surface area contributed by atoms with Crippen LogP contribution in [0.5, 0.6) is 0 Å². The SMILES string of the molecule is CCN1C(=O)c2cccc3c(N=Cc4ccc(Br)cc4)ccc1c23. The van der Waals surface area contributed by atoms with Gasteiger partial charge in [-0.25, -0.2) is 0 Å². The lowest BCUT2D eigenvalue weighted by Crippen LogP contribution is -2.25. The average molecular weight is 379 g/mol. The van der Waals surface area contributed by atoms with Crippen molar-refractivity contribution in [2.75, 3.05) is 11.4 Å². The zero-order chi connectivity index (χ0) is 16.7. The topological polar surface area (TPSA) is 32.7 Å². The van der Waals surface area contributed by atoms with E-state index in [0.29, 0.717) is 6.54 Å². The molecular weight excluding hydrogens is 364 g/mol. The van der Waals surface area contributed by atoms with Crippen LogP contribution in [0.15, 0.2) is 64.1 Å². The molecule has 0 bridgehead atoms. The van der Waals surface area contributed by atoms with Crippen molar-refractivity contribution in [2.45, 2.75) is 6.92 Å². The van der Waals surface area contributed by atoms with Crippen LogP contribution in [0.25, 0.3) is 10.8 Å². The van der Waals surface area contributed by atoms with Crippen molar-refractivity contribution in [1.82, 2.24) is 0 Å². The first kappa shape index (κ1) is 15.1. The Hall–Kier alpha value is -2.46. The molecule has 0 aliphatic carbocycles. The summed E-state index contributed by atoms with van der Waals surface area (Å²) >= 11 is 3.43. The number of hydrogen-bond donors (Lipinski definition) is 0. The lowest BCUT2D eigenvalue weighted by atomic mass is 10.0. The van der Waals surface area contributed by atoms with Crippen molar-refractivity contribution in [3.8, 4) is 0 Å². The molecule has 0 spiro atoms. The Morgan fingerprint density at radius 2 is 1.88 bits per heavy atom. The highest BCUT2D eigenvalue weighted by Crippen LogP contribution is 2.41. The van der Waals surface area contributed by atoms with E-state index in [1.807, 2.05) is 72.6 Å². The van der Waals surface area contributed by atoms with Gasteiger partial charge in [-0.3, -0.25) is 9.79 Å². The number of anilines is 1. The molecule has 0 atom stereocenters. The monoisotopic (exact) mass is 378 g/mol. The van der Waals surface area contributed by atoms with Crippen LogP contribution in [0.3, 0.4) is 0 Å². The summed E-state index contributed by atoms with van der Waals surface area (Å²) in [4.78, 5) is 19.0. The number of halogens is 1. The van der Waals surface area contributed by atoms with Crippen molar-refractivity contribution in [2.24, 2.45) is 4.99 Å². The number of aliphatic imine (C=N–C) groups is 1. The van der Waals surface area contributed by atoms with Crippen LogP contribution in [-0.4, -0.2) is 18.7 Å². The zero-order valence-electron chi connectivity index (χ0n) is 13.2. The molecule has 4 rings (SSSR count). The van der Waals surface area contributed by atoms with Gasteiger partial charge in [0, 0.05) is 33.6 Å². The molecule has 1 amide bonds. The minimum absolute atomic E-state index is 0.0761. The standard InChI is InChI=1S/C20H15BrN2O/c1-2-23-18-11-10-17(22-12-13-6-8-14(21)9-7-13)15-4-3-5-16(19(15)18)20(23)24/h3-12H,2H2,1H3. The van der Waals surface area contributed by atoms with Crippen LogP contribution in [0.2, 0.25) is 0 Å². The van der Waals surface area contributed by atoms with Crippen molar-refractivity contribution in [1.29, 1.82) is 0 Å². The number of rotatable bonds is 3. The van der Waals surface area contributed by atoms with Crippen LogP contribution in [0.4, 0.5) is 11.4 Å². The van der Waals surface area contributed by atoms with Gasteiger partial charge in [0.15, 0.2) is 0 Å². The second kappa shape index (κ2) is 5.87. The number of carbonyl (C=O) groups is 1. The molecule has 3 nitrogen and oxygen atoms in total. The van der Waals surface area contributed by atoms with Gasteiger partial charge in [0.2, 0.25) is 0 Å².